The van der Waals surface area contributed by atoms with Gasteiger partial charge in [0.2, 0.25) is 5.95 Å². The molecule has 1 unspecified atom stereocenters. The van der Waals surface area contributed by atoms with Crippen molar-refractivity contribution in [1.82, 2.24) is 24.5 Å². The highest BCUT2D eigenvalue weighted by atomic mass is 32.1. The normalized spacial score (nSPS) is 16.3. The van der Waals surface area contributed by atoms with Crippen molar-refractivity contribution in [3.05, 3.63) is 46.7 Å². The Morgan fingerprint density at radius 2 is 2.00 bits per heavy atom. The first-order chi connectivity index (χ1) is 15.0. The molecule has 9 heteroatoms. The van der Waals surface area contributed by atoms with Crippen LogP contribution < -0.4 is 9.64 Å². The van der Waals surface area contributed by atoms with Gasteiger partial charge in [0.25, 0.3) is 5.91 Å². The number of carbonyl (C=O) groups is 1. The third-order valence-electron chi connectivity index (χ3n) is 5.53. The zero-order valence-electron chi connectivity index (χ0n) is 18.2. The van der Waals surface area contributed by atoms with Crippen LogP contribution >= 0.6 is 11.5 Å². The van der Waals surface area contributed by atoms with Gasteiger partial charge in [0.15, 0.2) is 0 Å². The number of piperidine rings is 1. The molecule has 1 aromatic carbocycles. The summed E-state index contributed by atoms with van der Waals surface area (Å²) in [6.07, 6.45) is 4.72. The van der Waals surface area contributed by atoms with E-state index in [9.17, 15) is 4.79 Å². The van der Waals surface area contributed by atoms with Crippen LogP contribution in [-0.2, 0) is 0 Å². The Morgan fingerprint density at radius 3 is 2.65 bits per heavy atom. The van der Waals surface area contributed by atoms with E-state index in [-0.39, 0.29) is 11.9 Å². The molecule has 1 aliphatic heterocycles. The fourth-order valence-electron chi connectivity index (χ4n) is 3.86. The molecular weight excluding hydrogens is 412 g/mol. The SMILES string of the molecule is COc1ccc(-c2cnc(N(C)C)nc2C2CCCCN2C(=O)c2snnc2C)cc1. The number of anilines is 1. The van der Waals surface area contributed by atoms with Gasteiger partial charge in [-0.1, -0.05) is 16.6 Å². The third-order valence-corrected chi connectivity index (χ3v) is 6.35. The van der Waals surface area contributed by atoms with Gasteiger partial charge in [0.1, 0.15) is 10.6 Å². The average molecular weight is 439 g/mol. The molecule has 8 nitrogen and oxygen atoms in total. The Kier molecular flexibility index (Phi) is 6.13. The van der Waals surface area contributed by atoms with Crippen LogP contribution in [0.2, 0.25) is 0 Å². The third kappa shape index (κ3) is 4.23. The van der Waals surface area contributed by atoms with Gasteiger partial charge in [-0.3, -0.25) is 4.79 Å². The van der Waals surface area contributed by atoms with Crippen LogP contribution in [0.25, 0.3) is 11.1 Å². The van der Waals surface area contributed by atoms with Crippen molar-refractivity contribution in [3.8, 4) is 16.9 Å². The quantitative estimate of drug-likeness (QED) is 0.600. The van der Waals surface area contributed by atoms with Crippen molar-refractivity contribution in [2.45, 2.75) is 32.2 Å². The van der Waals surface area contributed by atoms with Crippen LogP contribution in [0.5, 0.6) is 5.75 Å². The number of hydrogen-bond donors (Lipinski definition) is 0. The van der Waals surface area contributed by atoms with Gasteiger partial charge in [-0.05, 0) is 55.4 Å². The predicted octanol–water partition coefficient (Wildman–Crippen LogP) is 3.75. The lowest BCUT2D eigenvalue weighted by molar-refractivity contribution is 0.0611. The van der Waals surface area contributed by atoms with Crippen molar-refractivity contribution in [2.75, 3.05) is 32.6 Å². The minimum Gasteiger partial charge on any atom is -0.497 e. The molecule has 0 aliphatic carbocycles. The van der Waals surface area contributed by atoms with Crippen LogP contribution in [0.1, 0.15) is 46.4 Å². The Balaban J connectivity index is 1.80. The molecule has 1 atom stereocenters. The Morgan fingerprint density at radius 1 is 1.23 bits per heavy atom. The number of nitrogens with zero attached hydrogens (tertiary/aromatic N) is 6. The van der Waals surface area contributed by atoms with Gasteiger partial charge in [-0.2, -0.15) is 0 Å². The Bertz CT molecular complexity index is 1070. The summed E-state index contributed by atoms with van der Waals surface area (Å²) in [5, 5.41) is 4.03. The lowest BCUT2D eigenvalue weighted by Crippen LogP contribution is -2.39. The molecule has 0 spiro atoms. The molecule has 162 valence electrons. The molecule has 1 aliphatic rings. The smallest absolute Gasteiger partial charge is 0.268 e. The van der Waals surface area contributed by atoms with E-state index in [0.717, 1.165) is 53.4 Å². The van der Waals surface area contributed by atoms with E-state index in [1.54, 1.807) is 7.11 Å². The minimum atomic E-state index is -0.137. The molecule has 4 rings (SSSR count). The summed E-state index contributed by atoms with van der Waals surface area (Å²) >= 11 is 1.15. The monoisotopic (exact) mass is 438 g/mol. The lowest BCUT2D eigenvalue weighted by Gasteiger charge is -2.36. The van der Waals surface area contributed by atoms with Crippen molar-refractivity contribution >= 4 is 23.4 Å². The molecule has 0 saturated carbocycles. The number of aromatic nitrogens is 4. The number of hydrogen-bond acceptors (Lipinski definition) is 8. The molecular formula is C22H26N6O2S. The van der Waals surface area contributed by atoms with E-state index < -0.39 is 0 Å². The second-order valence-electron chi connectivity index (χ2n) is 7.79. The maximum Gasteiger partial charge on any atom is 0.268 e. The number of aryl methyl sites for hydroxylation is 1. The molecule has 1 amide bonds. The van der Waals surface area contributed by atoms with Crippen molar-refractivity contribution in [3.63, 3.8) is 0 Å². The summed E-state index contributed by atoms with van der Waals surface area (Å²) < 4.78 is 9.26. The first kappa shape index (κ1) is 21.2. The van der Waals surface area contributed by atoms with Gasteiger partial charge in [-0.15, -0.1) is 5.10 Å². The fourth-order valence-corrected chi connectivity index (χ4v) is 4.48. The van der Waals surface area contributed by atoms with Crippen molar-refractivity contribution in [2.24, 2.45) is 0 Å². The second-order valence-corrected chi connectivity index (χ2v) is 8.54. The van der Waals surface area contributed by atoms with E-state index >= 15 is 0 Å². The molecule has 31 heavy (non-hydrogen) atoms. The highest BCUT2D eigenvalue weighted by Crippen LogP contribution is 2.38. The van der Waals surface area contributed by atoms with E-state index in [1.807, 2.05) is 61.3 Å². The van der Waals surface area contributed by atoms with Gasteiger partial charge < -0.3 is 14.5 Å². The maximum absolute atomic E-state index is 13.4. The summed E-state index contributed by atoms with van der Waals surface area (Å²) in [6.45, 7) is 2.51. The summed E-state index contributed by atoms with van der Waals surface area (Å²) in [7, 11) is 5.49. The molecule has 0 radical (unpaired) electrons. The van der Waals surface area contributed by atoms with Gasteiger partial charge in [0.05, 0.1) is 24.5 Å². The van der Waals surface area contributed by atoms with Crippen LogP contribution in [0.15, 0.2) is 30.5 Å². The van der Waals surface area contributed by atoms with E-state index in [4.69, 9.17) is 9.72 Å². The highest BCUT2D eigenvalue weighted by molar-refractivity contribution is 7.07. The second kappa shape index (κ2) is 8.97. The number of benzene rings is 1. The van der Waals surface area contributed by atoms with Crippen molar-refractivity contribution in [1.29, 1.82) is 0 Å². The summed E-state index contributed by atoms with van der Waals surface area (Å²) in [6, 6.07) is 7.72. The Hall–Kier alpha value is -3.07. The fraction of sp³-hybridized carbons (Fsp3) is 0.409. The number of rotatable bonds is 5. The molecule has 0 N–H and O–H groups in total. The number of likely N-dealkylation sites (tertiary alicyclic amines) is 1. The Labute approximate surface area is 186 Å². The van der Waals surface area contributed by atoms with Crippen LogP contribution in [-0.4, -0.2) is 58.1 Å². The number of carbonyl (C=O) groups excluding carboxylic acids is 1. The molecule has 0 bridgehead atoms. The predicted molar refractivity (Wildman–Crippen MR) is 121 cm³/mol. The van der Waals surface area contributed by atoms with E-state index in [1.165, 1.54) is 0 Å². The zero-order valence-corrected chi connectivity index (χ0v) is 19.0. The van der Waals surface area contributed by atoms with Crippen LogP contribution in [0.4, 0.5) is 5.95 Å². The largest absolute Gasteiger partial charge is 0.497 e. The first-order valence-electron chi connectivity index (χ1n) is 10.3. The molecule has 3 heterocycles. The van der Waals surface area contributed by atoms with Gasteiger partial charge in [-0.25, -0.2) is 9.97 Å². The summed E-state index contributed by atoms with van der Waals surface area (Å²) in [5.74, 6) is 1.39. The van der Waals surface area contributed by atoms with Crippen LogP contribution in [0, 0.1) is 6.92 Å². The van der Waals surface area contributed by atoms with E-state index in [2.05, 4.69) is 14.6 Å². The highest BCUT2D eigenvalue weighted by Gasteiger charge is 2.33. The summed E-state index contributed by atoms with van der Waals surface area (Å²) in [4.78, 5) is 27.3. The van der Waals surface area contributed by atoms with E-state index in [0.29, 0.717) is 23.1 Å². The zero-order chi connectivity index (χ0) is 22.0. The minimum absolute atomic E-state index is 0.0251. The molecule has 1 saturated heterocycles. The number of methoxy groups -OCH3 is 1. The topological polar surface area (TPSA) is 84.3 Å². The molecule has 1 fully saturated rings. The number of amides is 1. The lowest BCUT2D eigenvalue weighted by atomic mass is 9.93. The first-order valence-corrected chi connectivity index (χ1v) is 11.1. The molecule has 2 aromatic heterocycles. The maximum atomic E-state index is 13.4. The standard InChI is InChI=1S/C22H26N6O2S/c1-14-20(31-26-25-14)21(29)28-12-6-5-7-18(28)19-17(13-23-22(24-19)27(2)3)15-8-10-16(30-4)11-9-15/h8-11,13,18H,5-7,12H2,1-4H3. The van der Waals surface area contributed by atoms with Crippen LogP contribution in [0.3, 0.4) is 0 Å². The number of ether oxygens (including phenoxy) is 1. The molecule has 3 aromatic rings. The van der Waals surface area contributed by atoms with Gasteiger partial charge >= 0.3 is 0 Å². The average Bonchev–Trinajstić information content (AvgIpc) is 3.24. The summed E-state index contributed by atoms with van der Waals surface area (Å²) in [5.41, 5.74) is 3.46. The van der Waals surface area contributed by atoms with Crippen molar-refractivity contribution < 1.29 is 9.53 Å². The van der Waals surface area contributed by atoms with Gasteiger partial charge in [0, 0.05) is 32.4 Å².